The van der Waals surface area contributed by atoms with Gasteiger partial charge in [-0.05, 0) is 65.1 Å². The summed E-state index contributed by atoms with van der Waals surface area (Å²) in [5.41, 5.74) is 1.92. The van der Waals surface area contributed by atoms with Gasteiger partial charge in [0.05, 0.1) is 18.7 Å². The average molecular weight is 475 g/mol. The molecule has 6 nitrogen and oxygen atoms in total. The van der Waals surface area contributed by atoms with Gasteiger partial charge in [-0.2, -0.15) is 0 Å². The van der Waals surface area contributed by atoms with Gasteiger partial charge < -0.3 is 14.8 Å². The van der Waals surface area contributed by atoms with Crippen LogP contribution in [0.4, 0.5) is 0 Å². The van der Waals surface area contributed by atoms with Crippen molar-refractivity contribution in [1.82, 2.24) is 10.2 Å². The first-order valence-electron chi connectivity index (χ1n) is 9.99. The van der Waals surface area contributed by atoms with Gasteiger partial charge in [-0.15, -0.1) is 0 Å². The number of hydrogen-bond donors (Lipinski definition) is 1. The fraction of sp³-hybridized carbons (Fsp3) is 0.391. The summed E-state index contributed by atoms with van der Waals surface area (Å²) >= 11 is 3.53. The van der Waals surface area contributed by atoms with E-state index >= 15 is 0 Å². The fourth-order valence-corrected chi connectivity index (χ4v) is 4.31. The van der Waals surface area contributed by atoms with Gasteiger partial charge in [-0.25, -0.2) is 4.79 Å². The topological polar surface area (TPSA) is 67.9 Å². The Balaban J connectivity index is 1.55. The highest BCUT2D eigenvalue weighted by atomic mass is 79.9. The number of benzene rings is 2. The molecule has 0 saturated carbocycles. The number of hydrogen-bond acceptors (Lipinski definition) is 5. The van der Waals surface area contributed by atoms with Crippen molar-refractivity contribution < 1.29 is 19.1 Å². The molecule has 1 N–H and O–H groups in total. The summed E-state index contributed by atoms with van der Waals surface area (Å²) in [5.74, 6) is 0.144. The monoisotopic (exact) mass is 474 g/mol. The van der Waals surface area contributed by atoms with Gasteiger partial charge in [0.1, 0.15) is 5.75 Å². The van der Waals surface area contributed by atoms with Crippen LogP contribution in [-0.4, -0.2) is 44.1 Å². The van der Waals surface area contributed by atoms with Crippen LogP contribution in [0, 0.1) is 5.92 Å². The summed E-state index contributed by atoms with van der Waals surface area (Å²) < 4.78 is 11.1. The molecule has 1 amide bonds. The zero-order valence-corrected chi connectivity index (χ0v) is 18.9. The van der Waals surface area contributed by atoms with Crippen LogP contribution in [0.3, 0.4) is 0 Å². The molecule has 7 heteroatoms. The molecule has 0 radical (unpaired) electrons. The maximum Gasteiger partial charge on any atom is 0.333 e. The van der Waals surface area contributed by atoms with E-state index in [2.05, 4.69) is 38.3 Å². The van der Waals surface area contributed by atoms with Crippen molar-refractivity contribution in [2.24, 2.45) is 5.92 Å². The van der Waals surface area contributed by atoms with Gasteiger partial charge in [-0.3, -0.25) is 9.69 Å². The van der Waals surface area contributed by atoms with E-state index in [-0.39, 0.29) is 11.8 Å². The Labute approximate surface area is 185 Å². The lowest BCUT2D eigenvalue weighted by Crippen LogP contribution is -2.43. The molecule has 1 saturated heterocycles. The minimum Gasteiger partial charge on any atom is -0.496 e. The van der Waals surface area contributed by atoms with Crippen LogP contribution in [0.1, 0.15) is 30.0 Å². The molecule has 0 bridgehead atoms. The summed E-state index contributed by atoms with van der Waals surface area (Å²) in [6.07, 6.45) is 1.51. The summed E-state index contributed by atoms with van der Waals surface area (Å²) in [7, 11) is 2.98. The molecule has 1 aliphatic heterocycles. The third kappa shape index (κ3) is 5.61. The molecule has 0 spiro atoms. The van der Waals surface area contributed by atoms with E-state index in [0.29, 0.717) is 0 Å². The number of methoxy groups -OCH3 is 2. The van der Waals surface area contributed by atoms with Crippen LogP contribution < -0.4 is 10.1 Å². The van der Waals surface area contributed by atoms with Crippen molar-refractivity contribution in [1.29, 1.82) is 0 Å². The molecule has 1 heterocycles. The van der Waals surface area contributed by atoms with Crippen LogP contribution in [0.25, 0.3) is 0 Å². The van der Waals surface area contributed by atoms with Crippen LogP contribution in [0.15, 0.2) is 53.0 Å². The first kappa shape index (κ1) is 22.3. The Hall–Kier alpha value is -2.38. The first-order chi connectivity index (χ1) is 14.5. The lowest BCUT2D eigenvalue weighted by atomic mass is 9.94. The number of carbonyl (C=O) groups is 2. The average Bonchev–Trinajstić information content (AvgIpc) is 2.78. The molecule has 3 rings (SSSR count). The number of halogens is 1. The molecule has 160 valence electrons. The number of carbonyl (C=O) groups excluding carboxylic acids is 2. The molecule has 1 unspecified atom stereocenters. The Morgan fingerprint density at radius 3 is 2.43 bits per heavy atom. The molecule has 0 aromatic heterocycles. The molecular formula is C23H27BrN2O4. The number of nitrogens with zero attached hydrogens (tertiary/aromatic N) is 1. The second kappa shape index (κ2) is 10.6. The van der Waals surface area contributed by atoms with Gasteiger partial charge in [0.2, 0.25) is 5.91 Å². The second-order valence-corrected chi connectivity index (χ2v) is 8.25. The zero-order chi connectivity index (χ0) is 21.5. The molecule has 1 aliphatic rings. The predicted octanol–water partition coefficient (Wildman–Crippen LogP) is 3.70. The normalized spacial score (nSPS) is 16.0. The molecule has 1 fully saturated rings. The van der Waals surface area contributed by atoms with E-state index in [4.69, 9.17) is 9.47 Å². The second-order valence-electron chi connectivity index (χ2n) is 7.39. The lowest BCUT2D eigenvalue weighted by molar-refractivity contribution is -0.146. The number of rotatable bonds is 7. The molecule has 0 aliphatic carbocycles. The molecule has 1 atom stereocenters. The van der Waals surface area contributed by atoms with Crippen LogP contribution in [0.5, 0.6) is 5.75 Å². The fourth-order valence-electron chi connectivity index (χ4n) is 3.72. The van der Waals surface area contributed by atoms with E-state index in [1.54, 1.807) is 7.11 Å². The van der Waals surface area contributed by atoms with E-state index in [1.165, 1.54) is 12.7 Å². The molecule has 2 aromatic rings. The van der Waals surface area contributed by atoms with Crippen LogP contribution >= 0.6 is 15.9 Å². The third-order valence-corrected chi connectivity index (χ3v) is 6.06. The number of likely N-dealkylation sites (tertiary alicyclic amines) is 1. The number of piperidine rings is 1. The summed E-state index contributed by atoms with van der Waals surface area (Å²) in [6.45, 7) is 2.48. The Kier molecular flexibility index (Phi) is 7.87. The largest absolute Gasteiger partial charge is 0.496 e. The highest BCUT2D eigenvalue weighted by molar-refractivity contribution is 9.10. The SMILES string of the molecule is COC(=O)C(NC(=O)C1CCN(Cc2ccc(OC)c(Br)c2)CC1)c1ccccc1. The van der Waals surface area contributed by atoms with E-state index < -0.39 is 12.0 Å². The van der Waals surface area contributed by atoms with Crippen LogP contribution in [0.2, 0.25) is 0 Å². The van der Waals surface area contributed by atoms with Gasteiger partial charge in [0, 0.05) is 12.5 Å². The number of amides is 1. The highest BCUT2D eigenvalue weighted by Gasteiger charge is 2.30. The third-order valence-electron chi connectivity index (χ3n) is 5.44. The number of nitrogens with one attached hydrogen (secondary N) is 1. The quantitative estimate of drug-likeness (QED) is 0.619. The van der Waals surface area contributed by atoms with E-state index in [9.17, 15) is 9.59 Å². The summed E-state index contributed by atoms with van der Waals surface area (Å²) in [4.78, 5) is 27.4. The highest BCUT2D eigenvalue weighted by Crippen LogP contribution is 2.27. The van der Waals surface area contributed by atoms with E-state index in [1.807, 2.05) is 36.4 Å². The Morgan fingerprint density at radius 1 is 1.13 bits per heavy atom. The van der Waals surface area contributed by atoms with Gasteiger partial charge in [-0.1, -0.05) is 36.4 Å². The van der Waals surface area contributed by atoms with Gasteiger partial charge in [0.15, 0.2) is 6.04 Å². The molecule has 30 heavy (non-hydrogen) atoms. The van der Waals surface area contributed by atoms with Crippen molar-refractivity contribution in [2.45, 2.75) is 25.4 Å². The molecular weight excluding hydrogens is 448 g/mol. The van der Waals surface area contributed by atoms with E-state index in [0.717, 1.165) is 48.3 Å². The molecule has 2 aromatic carbocycles. The van der Waals surface area contributed by atoms with Gasteiger partial charge >= 0.3 is 5.97 Å². The van der Waals surface area contributed by atoms with Crippen molar-refractivity contribution in [2.75, 3.05) is 27.3 Å². The van der Waals surface area contributed by atoms with Crippen LogP contribution in [-0.2, 0) is 20.9 Å². The summed E-state index contributed by atoms with van der Waals surface area (Å²) in [6, 6.07) is 14.5. The maximum absolute atomic E-state index is 12.8. The standard InChI is InChI=1S/C23H27BrN2O4/c1-29-20-9-8-16(14-19(20)24)15-26-12-10-18(11-13-26)22(27)25-21(23(28)30-2)17-6-4-3-5-7-17/h3-9,14,18,21H,10-13,15H2,1-2H3,(H,25,27). The minimum atomic E-state index is -0.779. The lowest BCUT2D eigenvalue weighted by Gasteiger charge is -2.32. The smallest absolute Gasteiger partial charge is 0.333 e. The zero-order valence-electron chi connectivity index (χ0n) is 17.3. The summed E-state index contributed by atoms with van der Waals surface area (Å²) in [5, 5.41) is 2.89. The van der Waals surface area contributed by atoms with Crippen molar-refractivity contribution >= 4 is 27.8 Å². The first-order valence-corrected chi connectivity index (χ1v) is 10.8. The minimum absolute atomic E-state index is 0.0962. The van der Waals surface area contributed by atoms with Crippen molar-refractivity contribution in [3.05, 3.63) is 64.1 Å². The maximum atomic E-state index is 12.8. The van der Waals surface area contributed by atoms with Crippen molar-refractivity contribution in [3.63, 3.8) is 0 Å². The Bertz CT molecular complexity index is 867. The number of esters is 1. The predicted molar refractivity (Wildman–Crippen MR) is 118 cm³/mol. The van der Waals surface area contributed by atoms with Gasteiger partial charge in [0.25, 0.3) is 0 Å². The number of ether oxygens (including phenoxy) is 2. The Morgan fingerprint density at radius 2 is 1.83 bits per heavy atom. The van der Waals surface area contributed by atoms with Crippen molar-refractivity contribution in [3.8, 4) is 5.75 Å².